The van der Waals surface area contributed by atoms with E-state index in [4.69, 9.17) is 0 Å². The van der Waals surface area contributed by atoms with Crippen LogP contribution in [0.2, 0.25) is 0 Å². The molecule has 0 aliphatic heterocycles. The third-order valence-electron chi connectivity index (χ3n) is 4.11. The summed E-state index contributed by atoms with van der Waals surface area (Å²) in [7, 11) is 0. The second kappa shape index (κ2) is 7.99. The third-order valence-corrected chi connectivity index (χ3v) is 4.11. The van der Waals surface area contributed by atoms with Gasteiger partial charge in [-0.15, -0.1) is 0 Å². The SMILES string of the molecule is Cc1cc(C(=O)NCCc2c[nH]c3ccccc23)nc(NCC(C)C)n1. The Balaban J connectivity index is 1.61. The zero-order valence-electron chi connectivity index (χ0n) is 15.5. The molecular formula is C20H25N5O. The predicted molar refractivity (Wildman–Crippen MR) is 104 cm³/mol. The van der Waals surface area contributed by atoms with Crippen LogP contribution in [-0.4, -0.2) is 33.9 Å². The maximum absolute atomic E-state index is 12.4. The molecule has 0 fully saturated rings. The number of carbonyl (C=O) groups is 1. The van der Waals surface area contributed by atoms with E-state index in [1.54, 1.807) is 6.07 Å². The first kappa shape index (κ1) is 17.9. The van der Waals surface area contributed by atoms with Crippen LogP contribution in [0, 0.1) is 12.8 Å². The number of rotatable bonds is 7. The maximum atomic E-state index is 12.4. The molecule has 2 heterocycles. The summed E-state index contributed by atoms with van der Waals surface area (Å²) >= 11 is 0. The largest absolute Gasteiger partial charge is 0.361 e. The van der Waals surface area contributed by atoms with E-state index < -0.39 is 0 Å². The fourth-order valence-electron chi connectivity index (χ4n) is 2.80. The molecule has 0 aliphatic rings. The molecule has 0 aliphatic carbocycles. The van der Waals surface area contributed by atoms with E-state index in [0.717, 1.165) is 24.2 Å². The Morgan fingerprint density at radius 2 is 2.04 bits per heavy atom. The van der Waals surface area contributed by atoms with E-state index in [1.165, 1.54) is 10.9 Å². The molecule has 0 bridgehead atoms. The van der Waals surface area contributed by atoms with Gasteiger partial charge in [0, 0.05) is 35.9 Å². The van der Waals surface area contributed by atoms with Gasteiger partial charge in [-0.3, -0.25) is 4.79 Å². The van der Waals surface area contributed by atoms with Crippen molar-refractivity contribution < 1.29 is 4.79 Å². The lowest BCUT2D eigenvalue weighted by atomic mass is 10.1. The average molecular weight is 351 g/mol. The number of fused-ring (bicyclic) bond motifs is 1. The summed E-state index contributed by atoms with van der Waals surface area (Å²) in [6.07, 6.45) is 2.76. The molecule has 1 aromatic carbocycles. The molecule has 0 spiro atoms. The fraction of sp³-hybridized carbons (Fsp3) is 0.350. The second-order valence-electron chi connectivity index (χ2n) is 6.86. The lowest BCUT2D eigenvalue weighted by Gasteiger charge is -2.10. The van der Waals surface area contributed by atoms with Gasteiger partial charge in [0.2, 0.25) is 5.95 Å². The van der Waals surface area contributed by atoms with Crippen LogP contribution < -0.4 is 10.6 Å². The highest BCUT2D eigenvalue weighted by atomic mass is 16.1. The highest BCUT2D eigenvalue weighted by molar-refractivity contribution is 5.92. The average Bonchev–Trinajstić information content (AvgIpc) is 3.03. The summed E-state index contributed by atoms with van der Waals surface area (Å²) in [5, 5.41) is 7.32. The number of benzene rings is 1. The first-order chi connectivity index (χ1) is 12.5. The van der Waals surface area contributed by atoms with Gasteiger partial charge >= 0.3 is 0 Å². The summed E-state index contributed by atoms with van der Waals surface area (Å²) in [4.78, 5) is 24.4. The van der Waals surface area contributed by atoms with Crippen LogP contribution in [0.4, 0.5) is 5.95 Å². The number of H-pyrrole nitrogens is 1. The van der Waals surface area contributed by atoms with Gasteiger partial charge < -0.3 is 15.6 Å². The predicted octanol–water partition coefficient (Wildman–Crippen LogP) is 3.31. The number of nitrogens with one attached hydrogen (secondary N) is 3. The number of nitrogens with zero attached hydrogens (tertiary/aromatic N) is 2. The monoisotopic (exact) mass is 351 g/mol. The van der Waals surface area contributed by atoms with Crippen molar-refractivity contribution in [2.45, 2.75) is 27.2 Å². The van der Waals surface area contributed by atoms with Crippen LogP contribution in [0.15, 0.2) is 36.5 Å². The number of hydrogen-bond donors (Lipinski definition) is 3. The zero-order valence-corrected chi connectivity index (χ0v) is 15.5. The quantitative estimate of drug-likeness (QED) is 0.610. The van der Waals surface area contributed by atoms with Crippen molar-refractivity contribution in [1.82, 2.24) is 20.3 Å². The van der Waals surface area contributed by atoms with Crippen LogP contribution in [0.5, 0.6) is 0 Å². The summed E-state index contributed by atoms with van der Waals surface area (Å²) in [5.74, 6) is 0.802. The smallest absolute Gasteiger partial charge is 0.270 e. The van der Waals surface area contributed by atoms with Crippen molar-refractivity contribution in [2.75, 3.05) is 18.4 Å². The standard InChI is InChI=1S/C20H25N5O/c1-13(2)11-23-20-24-14(3)10-18(25-20)19(26)21-9-8-15-12-22-17-7-5-4-6-16(15)17/h4-7,10,12-13,22H,8-9,11H2,1-3H3,(H,21,26)(H,23,24,25). The Labute approximate surface area is 153 Å². The number of anilines is 1. The Kier molecular flexibility index (Phi) is 5.51. The molecular weight excluding hydrogens is 326 g/mol. The lowest BCUT2D eigenvalue weighted by Crippen LogP contribution is -2.27. The van der Waals surface area contributed by atoms with Gasteiger partial charge in [-0.1, -0.05) is 32.0 Å². The van der Waals surface area contributed by atoms with Gasteiger partial charge in [0.05, 0.1) is 0 Å². The molecule has 3 N–H and O–H groups in total. The fourth-order valence-corrected chi connectivity index (χ4v) is 2.80. The van der Waals surface area contributed by atoms with Gasteiger partial charge in [0.1, 0.15) is 5.69 Å². The number of carbonyl (C=O) groups excluding carboxylic acids is 1. The van der Waals surface area contributed by atoms with Crippen molar-refractivity contribution in [3.8, 4) is 0 Å². The number of amides is 1. The molecule has 6 nitrogen and oxygen atoms in total. The topological polar surface area (TPSA) is 82.7 Å². The normalized spacial score (nSPS) is 11.1. The molecule has 6 heteroatoms. The van der Waals surface area contributed by atoms with Crippen molar-refractivity contribution in [3.05, 3.63) is 53.5 Å². The molecule has 0 saturated heterocycles. The maximum Gasteiger partial charge on any atom is 0.270 e. The summed E-state index contributed by atoms with van der Waals surface area (Å²) in [6.45, 7) is 7.41. The van der Waals surface area contributed by atoms with Crippen molar-refractivity contribution in [2.24, 2.45) is 5.92 Å². The number of aromatic amines is 1. The molecule has 3 rings (SSSR count). The number of aryl methyl sites for hydroxylation is 1. The summed E-state index contributed by atoms with van der Waals surface area (Å²) in [6, 6.07) is 9.87. The molecule has 26 heavy (non-hydrogen) atoms. The molecule has 2 aromatic heterocycles. The second-order valence-corrected chi connectivity index (χ2v) is 6.86. The number of aromatic nitrogens is 3. The van der Waals surface area contributed by atoms with Gasteiger partial charge in [-0.2, -0.15) is 0 Å². The number of hydrogen-bond acceptors (Lipinski definition) is 4. The Morgan fingerprint density at radius 3 is 2.85 bits per heavy atom. The Morgan fingerprint density at radius 1 is 1.23 bits per heavy atom. The van der Waals surface area contributed by atoms with E-state index in [1.807, 2.05) is 31.3 Å². The van der Waals surface area contributed by atoms with Gasteiger partial charge in [-0.05, 0) is 37.0 Å². The molecule has 3 aromatic rings. The van der Waals surface area contributed by atoms with Crippen LogP contribution in [-0.2, 0) is 6.42 Å². The minimum absolute atomic E-state index is 0.178. The van der Waals surface area contributed by atoms with Crippen LogP contribution in [0.25, 0.3) is 10.9 Å². The van der Waals surface area contributed by atoms with E-state index in [-0.39, 0.29) is 5.91 Å². The lowest BCUT2D eigenvalue weighted by molar-refractivity contribution is 0.0949. The van der Waals surface area contributed by atoms with Gasteiger partial charge in [0.15, 0.2) is 0 Å². The summed E-state index contributed by atoms with van der Waals surface area (Å²) in [5.41, 5.74) is 3.47. The third kappa shape index (κ3) is 4.39. The zero-order chi connectivity index (χ0) is 18.5. The van der Waals surface area contributed by atoms with Crippen LogP contribution in [0.3, 0.4) is 0 Å². The van der Waals surface area contributed by atoms with Crippen molar-refractivity contribution in [3.63, 3.8) is 0 Å². The first-order valence-corrected chi connectivity index (χ1v) is 8.95. The Bertz CT molecular complexity index is 900. The van der Waals surface area contributed by atoms with Gasteiger partial charge in [-0.25, -0.2) is 9.97 Å². The van der Waals surface area contributed by atoms with Gasteiger partial charge in [0.25, 0.3) is 5.91 Å². The van der Waals surface area contributed by atoms with E-state index >= 15 is 0 Å². The molecule has 1 amide bonds. The number of para-hydroxylation sites is 1. The van der Waals surface area contributed by atoms with Crippen molar-refractivity contribution in [1.29, 1.82) is 0 Å². The van der Waals surface area contributed by atoms with Crippen molar-refractivity contribution >= 4 is 22.8 Å². The minimum atomic E-state index is -0.178. The van der Waals surface area contributed by atoms with E-state index in [2.05, 4.69) is 45.5 Å². The first-order valence-electron chi connectivity index (χ1n) is 8.95. The molecule has 0 saturated carbocycles. The highest BCUT2D eigenvalue weighted by Crippen LogP contribution is 2.17. The Hall–Kier alpha value is -2.89. The van der Waals surface area contributed by atoms with Crippen LogP contribution >= 0.6 is 0 Å². The summed E-state index contributed by atoms with van der Waals surface area (Å²) < 4.78 is 0. The highest BCUT2D eigenvalue weighted by Gasteiger charge is 2.11. The minimum Gasteiger partial charge on any atom is -0.361 e. The van der Waals surface area contributed by atoms with Crippen LogP contribution in [0.1, 0.15) is 35.6 Å². The van der Waals surface area contributed by atoms with E-state index in [9.17, 15) is 4.79 Å². The molecule has 136 valence electrons. The van der Waals surface area contributed by atoms with E-state index in [0.29, 0.717) is 24.1 Å². The molecule has 0 unspecified atom stereocenters. The molecule has 0 radical (unpaired) electrons. The molecule has 0 atom stereocenters.